The Morgan fingerprint density at radius 3 is 2.36 bits per heavy atom. The van der Waals surface area contributed by atoms with Gasteiger partial charge in [-0.3, -0.25) is 9.59 Å². The summed E-state index contributed by atoms with van der Waals surface area (Å²) in [5, 5.41) is 6.00. The summed E-state index contributed by atoms with van der Waals surface area (Å²) in [7, 11) is 0. The van der Waals surface area contributed by atoms with Gasteiger partial charge in [-0.25, -0.2) is 0 Å². The van der Waals surface area contributed by atoms with Crippen LogP contribution < -0.4 is 15.4 Å². The van der Waals surface area contributed by atoms with E-state index in [1.807, 2.05) is 54.6 Å². The lowest BCUT2D eigenvalue weighted by Crippen LogP contribution is -2.36. The molecule has 5 nitrogen and oxygen atoms in total. The Kier molecular flexibility index (Phi) is 7.47. The summed E-state index contributed by atoms with van der Waals surface area (Å²) in [5.74, 6) is 0.688. The van der Waals surface area contributed by atoms with Gasteiger partial charge in [0.25, 0.3) is 5.91 Å². The van der Waals surface area contributed by atoms with Gasteiger partial charge in [0.15, 0.2) is 0 Å². The predicted molar refractivity (Wildman–Crippen MR) is 109 cm³/mol. The van der Waals surface area contributed by atoms with E-state index in [9.17, 15) is 9.59 Å². The van der Waals surface area contributed by atoms with Gasteiger partial charge in [0.2, 0.25) is 5.91 Å². The van der Waals surface area contributed by atoms with Crippen molar-refractivity contribution in [2.45, 2.75) is 51.1 Å². The van der Waals surface area contributed by atoms with E-state index in [-0.39, 0.29) is 11.8 Å². The number of hydrogen-bond acceptors (Lipinski definition) is 3. The van der Waals surface area contributed by atoms with Gasteiger partial charge in [0, 0.05) is 18.2 Å². The lowest BCUT2D eigenvalue weighted by Gasteiger charge is -2.22. The van der Waals surface area contributed by atoms with Crippen molar-refractivity contribution in [3.8, 4) is 5.75 Å². The van der Waals surface area contributed by atoms with Crippen LogP contribution in [0.25, 0.3) is 0 Å². The van der Waals surface area contributed by atoms with E-state index < -0.39 is 0 Å². The van der Waals surface area contributed by atoms with Crippen molar-refractivity contribution in [2.24, 2.45) is 0 Å². The van der Waals surface area contributed by atoms with Crippen molar-refractivity contribution in [1.29, 1.82) is 0 Å². The first-order chi connectivity index (χ1) is 13.7. The molecule has 0 spiro atoms. The molecular weight excluding hydrogens is 352 g/mol. The number of ether oxygens (including phenoxy) is 1. The van der Waals surface area contributed by atoms with Crippen molar-refractivity contribution >= 4 is 11.8 Å². The van der Waals surface area contributed by atoms with Crippen LogP contribution in [-0.4, -0.2) is 24.5 Å². The van der Waals surface area contributed by atoms with E-state index in [2.05, 4.69) is 10.6 Å². The van der Waals surface area contributed by atoms with Crippen molar-refractivity contribution < 1.29 is 14.3 Å². The fourth-order valence-corrected chi connectivity index (χ4v) is 3.36. The number of carbonyl (C=O) groups excluding carboxylic acids is 2. The molecule has 2 N–H and O–H groups in total. The molecule has 1 saturated carbocycles. The Hall–Kier alpha value is -2.82. The highest BCUT2D eigenvalue weighted by Gasteiger charge is 2.16. The molecule has 2 aromatic rings. The minimum atomic E-state index is -0.0601. The highest BCUT2D eigenvalue weighted by Crippen LogP contribution is 2.18. The molecule has 1 fully saturated rings. The van der Waals surface area contributed by atoms with E-state index in [0.29, 0.717) is 31.2 Å². The normalized spacial score (nSPS) is 14.3. The molecule has 0 aromatic heterocycles. The van der Waals surface area contributed by atoms with E-state index in [4.69, 9.17) is 4.74 Å². The second-order valence-corrected chi connectivity index (χ2v) is 7.19. The lowest BCUT2D eigenvalue weighted by molar-refractivity contribution is -0.121. The molecule has 0 heterocycles. The van der Waals surface area contributed by atoms with Gasteiger partial charge in [0.05, 0.1) is 13.0 Å². The molecule has 1 aliphatic rings. The van der Waals surface area contributed by atoms with Crippen LogP contribution in [0.2, 0.25) is 0 Å². The summed E-state index contributed by atoms with van der Waals surface area (Å²) in [6.45, 7) is 0.783. The first-order valence-corrected chi connectivity index (χ1v) is 10.0. The van der Waals surface area contributed by atoms with E-state index in [0.717, 1.165) is 24.2 Å². The lowest BCUT2D eigenvalue weighted by atomic mass is 9.95. The van der Waals surface area contributed by atoms with Crippen LogP contribution in [0.5, 0.6) is 5.75 Å². The molecule has 148 valence electrons. The monoisotopic (exact) mass is 380 g/mol. The molecule has 0 aliphatic heterocycles. The van der Waals surface area contributed by atoms with E-state index >= 15 is 0 Å². The minimum Gasteiger partial charge on any atom is -0.493 e. The van der Waals surface area contributed by atoms with Crippen LogP contribution in [0.4, 0.5) is 0 Å². The molecule has 0 atom stereocenters. The van der Waals surface area contributed by atoms with Crippen LogP contribution in [0.1, 0.15) is 54.4 Å². The first kappa shape index (κ1) is 19.9. The molecule has 3 rings (SSSR count). The quantitative estimate of drug-likeness (QED) is 0.731. The number of rotatable bonds is 8. The Balaban J connectivity index is 1.37. The number of hydrogen-bond donors (Lipinski definition) is 2. The SMILES string of the molecule is O=C(CCOc1ccccc1)NCc1ccc(C(=O)NC2CCCCC2)cc1. The van der Waals surface area contributed by atoms with Crippen LogP contribution in [-0.2, 0) is 11.3 Å². The molecule has 0 saturated heterocycles. The highest BCUT2D eigenvalue weighted by atomic mass is 16.5. The third kappa shape index (κ3) is 6.41. The molecule has 0 bridgehead atoms. The minimum absolute atomic E-state index is 0.0134. The molecular formula is C23H28N2O3. The summed E-state index contributed by atoms with van der Waals surface area (Å²) in [4.78, 5) is 24.3. The highest BCUT2D eigenvalue weighted by molar-refractivity contribution is 5.94. The molecule has 0 radical (unpaired) electrons. The molecule has 5 heteroatoms. The molecule has 0 unspecified atom stereocenters. The van der Waals surface area contributed by atoms with Crippen molar-refractivity contribution in [1.82, 2.24) is 10.6 Å². The van der Waals surface area contributed by atoms with Gasteiger partial charge >= 0.3 is 0 Å². The summed E-state index contributed by atoms with van der Waals surface area (Å²) in [6.07, 6.45) is 6.11. The molecule has 2 aromatic carbocycles. The molecule has 1 aliphatic carbocycles. The third-order valence-corrected chi connectivity index (χ3v) is 4.99. The Bertz CT molecular complexity index is 753. The number of amides is 2. The Morgan fingerprint density at radius 2 is 1.64 bits per heavy atom. The predicted octanol–water partition coefficient (Wildman–Crippen LogP) is 3.83. The van der Waals surface area contributed by atoms with Crippen LogP contribution in [0.15, 0.2) is 54.6 Å². The maximum absolute atomic E-state index is 12.3. The third-order valence-electron chi connectivity index (χ3n) is 4.99. The number of nitrogens with one attached hydrogen (secondary N) is 2. The average Bonchev–Trinajstić information content (AvgIpc) is 2.74. The second-order valence-electron chi connectivity index (χ2n) is 7.19. The van der Waals surface area contributed by atoms with E-state index in [1.54, 1.807) is 0 Å². The maximum atomic E-state index is 12.3. The Labute approximate surface area is 166 Å². The van der Waals surface area contributed by atoms with Crippen molar-refractivity contribution in [2.75, 3.05) is 6.61 Å². The number of carbonyl (C=O) groups is 2. The van der Waals surface area contributed by atoms with Crippen molar-refractivity contribution in [3.63, 3.8) is 0 Å². The number of para-hydroxylation sites is 1. The van der Waals surface area contributed by atoms with Gasteiger partial charge < -0.3 is 15.4 Å². The zero-order valence-corrected chi connectivity index (χ0v) is 16.2. The molecule has 2 amide bonds. The standard InChI is InChI=1S/C23H28N2O3/c26-22(15-16-28-21-9-5-2-6-10-21)24-17-18-11-13-19(14-12-18)23(27)25-20-7-3-1-4-8-20/h2,5-6,9-14,20H,1,3-4,7-8,15-17H2,(H,24,26)(H,25,27). The average molecular weight is 380 g/mol. The van der Waals surface area contributed by atoms with Gasteiger partial charge in [-0.2, -0.15) is 0 Å². The van der Waals surface area contributed by atoms with Gasteiger partial charge in [0.1, 0.15) is 5.75 Å². The van der Waals surface area contributed by atoms with Gasteiger partial charge in [-0.1, -0.05) is 49.6 Å². The zero-order valence-electron chi connectivity index (χ0n) is 16.2. The summed E-state index contributed by atoms with van der Waals surface area (Å²) in [6, 6.07) is 17.2. The fourth-order valence-electron chi connectivity index (χ4n) is 3.36. The maximum Gasteiger partial charge on any atom is 0.251 e. The zero-order chi connectivity index (χ0) is 19.6. The fraction of sp³-hybridized carbons (Fsp3) is 0.391. The summed E-state index contributed by atoms with van der Waals surface area (Å²) in [5.41, 5.74) is 1.63. The Morgan fingerprint density at radius 1 is 0.929 bits per heavy atom. The van der Waals surface area contributed by atoms with Crippen LogP contribution in [0, 0.1) is 0 Å². The first-order valence-electron chi connectivity index (χ1n) is 10.0. The van der Waals surface area contributed by atoms with E-state index in [1.165, 1.54) is 19.3 Å². The summed E-state index contributed by atoms with van der Waals surface area (Å²) < 4.78 is 5.53. The molecule has 28 heavy (non-hydrogen) atoms. The number of benzene rings is 2. The smallest absolute Gasteiger partial charge is 0.251 e. The van der Waals surface area contributed by atoms with Crippen LogP contribution in [0.3, 0.4) is 0 Å². The van der Waals surface area contributed by atoms with Crippen LogP contribution >= 0.6 is 0 Å². The van der Waals surface area contributed by atoms with Gasteiger partial charge in [-0.15, -0.1) is 0 Å². The van der Waals surface area contributed by atoms with Gasteiger partial charge in [-0.05, 0) is 42.7 Å². The largest absolute Gasteiger partial charge is 0.493 e. The van der Waals surface area contributed by atoms with Crippen molar-refractivity contribution in [3.05, 3.63) is 65.7 Å². The topological polar surface area (TPSA) is 67.4 Å². The second kappa shape index (κ2) is 10.5. The summed E-state index contributed by atoms with van der Waals surface area (Å²) >= 11 is 0.